The number of ketones is 1. The summed E-state index contributed by atoms with van der Waals surface area (Å²) in [5, 5.41) is 4.38. The predicted octanol–water partition coefficient (Wildman–Crippen LogP) is 3.64. The van der Waals surface area contributed by atoms with Crippen molar-refractivity contribution in [1.29, 1.82) is 0 Å². The molecule has 0 aliphatic carbocycles. The number of fused-ring (bicyclic) bond motifs is 2. The van der Waals surface area contributed by atoms with E-state index in [0.717, 1.165) is 16.8 Å². The standard InChI is InChI=1S/C27H20N6O3S/c1-15(34)23-24(17-9-11-22-19(12-17)27(35)32-37(22,2)36)31-26-20(14-30-33(26)25(23)28)18-8-10-21(29-13-18)16-6-4-3-5-7-16/h3-14H,2,28H2,1H3,(H,32,35,36). The topological polar surface area (TPSA) is 132 Å². The van der Waals surface area contributed by atoms with E-state index < -0.39 is 15.6 Å². The molecule has 37 heavy (non-hydrogen) atoms. The normalized spacial score (nSPS) is 16.5. The second-order valence-corrected chi connectivity index (χ2v) is 10.7. The number of rotatable bonds is 4. The molecule has 1 unspecified atom stereocenters. The highest BCUT2D eigenvalue weighted by molar-refractivity contribution is 7.99. The number of nitrogen functional groups attached to an aromatic ring is 1. The van der Waals surface area contributed by atoms with E-state index in [1.807, 2.05) is 42.5 Å². The number of hydrogen-bond acceptors (Lipinski definition) is 7. The van der Waals surface area contributed by atoms with Gasteiger partial charge in [-0.3, -0.25) is 19.3 Å². The highest BCUT2D eigenvalue weighted by Crippen LogP contribution is 2.34. The van der Waals surface area contributed by atoms with Crippen molar-refractivity contribution in [1.82, 2.24) is 24.3 Å². The maximum Gasteiger partial charge on any atom is 0.264 e. The fourth-order valence-electron chi connectivity index (χ4n) is 4.51. The van der Waals surface area contributed by atoms with Crippen LogP contribution in [0.5, 0.6) is 0 Å². The van der Waals surface area contributed by atoms with Gasteiger partial charge < -0.3 is 5.73 Å². The van der Waals surface area contributed by atoms with Gasteiger partial charge in [0.1, 0.15) is 5.82 Å². The van der Waals surface area contributed by atoms with E-state index in [-0.39, 0.29) is 22.7 Å². The molecule has 3 N–H and O–H groups in total. The van der Waals surface area contributed by atoms with Crippen LogP contribution in [0.1, 0.15) is 27.6 Å². The second kappa shape index (κ2) is 8.10. The zero-order valence-electron chi connectivity index (χ0n) is 19.6. The molecule has 9 nitrogen and oxygen atoms in total. The van der Waals surface area contributed by atoms with Crippen molar-refractivity contribution >= 4 is 38.7 Å². The zero-order chi connectivity index (χ0) is 25.9. The van der Waals surface area contributed by atoms with Crippen LogP contribution >= 0.6 is 0 Å². The highest BCUT2D eigenvalue weighted by Gasteiger charge is 2.29. The van der Waals surface area contributed by atoms with E-state index in [4.69, 9.17) is 10.7 Å². The SMILES string of the molecule is C=S1(=O)NC(=O)c2cc(-c3nc4c(-c5ccc(-c6ccccc6)nc5)cnn4c(N)c3C(C)=O)ccc21. The van der Waals surface area contributed by atoms with Crippen molar-refractivity contribution in [2.75, 3.05) is 5.73 Å². The van der Waals surface area contributed by atoms with Crippen molar-refractivity contribution in [3.05, 3.63) is 84.2 Å². The summed E-state index contributed by atoms with van der Waals surface area (Å²) < 4.78 is 16.4. The summed E-state index contributed by atoms with van der Waals surface area (Å²) in [4.78, 5) is 34.8. The molecule has 1 aliphatic heterocycles. The Balaban J connectivity index is 1.53. The van der Waals surface area contributed by atoms with Crippen LogP contribution in [-0.2, 0) is 9.71 Å². The van der Waals surface area contributed by atoms with E-state index in [9.17, 15) is 13.8 Å². The summed E-state index contributed by atoms with van der Waals surface area (Å²) >= 11 is 0. The van der Waals surface area contributed by atoms with Crippen LogP contribution in [0.25, 0.3) is 39.3 Å². The van der Waals surface area contributed by atoms with Crippen LogP contribution in [0.3, 0.4) is 0 Å². The lowest BCUT2D eigenvalue weighted by Gasteiger charge is -2.12. The first kappa shape index (κ1) is 22.6. The smallest absolute Gasteiger partial charge is 0.264 e. The molecule has 1 aliphatic rings. The molecule has 0 saturated carbocycles. The lowest BCUT2D eigenvalue weighted by Crippen LogP contribution is -2.20. The van der Waals surface area contributed by atoms with E-state index in [0.29, 0.717) is 27.4 Å². The van der Waals surface area contributed by atoms with Crippen LogP contribution in [-0.4, -0.2) is 41.4 Å². The van der Waals surface area contributed by atoms with Crippen molar-refractivity contribution < 1.29 is 13.8 Å². The van der Waals surface area contributed by atoms with Gasteiger partial charge in [0.15, 0.2) is 11.4 Å². The predicted molar refractivity (Wildman–Crippen MR) is 143 cm³/mol. The first-order valence-corrected chi connectivity index (χ1v) is 13.0. The monoisotopic (exact) mass is 508 g/mol. The Bertz CT molecular complexity index is 1860. The van der Waals surface area contributed by atoms with Gasteiger partial charge in [-0.2, -0.15) is 9.61 Å². The number of anilines is 1. The molecule has 6 rings (SSSR count). The number of amides is 1. The van der Waals surface area contributed by atoms with Crippen molar-refractivity contribution in [2.24, 2.45) is 0 Å². The van der Waals surface area contributed by atoms with Crippen LogP contribution in [0, 0.1) is 0 Å². The van der Waals surface area contributed by atoms with Gasteiger partial charge >= 0.3 is 0 Å². The molecule has 0 saturated heterocycles. The molecule has 1 atom stereocenters. The van der Waals surface area contributed by atoms with Gasteiger partial charge in [-0.25, -0.2) is 9.19 Å². The molecule has 5 aromatic rings. The molecule has 0 spiro atoms. The molecular weight excluding hydrogens is 488 g/mol. The largest absolute Gasteiger partial charge is 0.383 e. The Morgan fingerprint density at radius 2 is 1.76 bits per heavy atom. The van der Waals surface area contributed by atoms with E-state index in [2.05, 4.69) is 20.7 Å². The molecule has 2 aromatic carbocycles. The second-order valence-electron chi connectivity index (χ2n) is 8.69. The molecule has 3 aromatic heterocycles. The number of benzene rings is 2. The number of carbonyl (C=O) groups excluding carboxylic acids is 2. The molecule has 0 bridgehead atoms. The highest BCUT2D eigenvalue weighted by atomic mass is 32.2. The maximum absolute atomic E-state index is 12.6. The van der Waals surface area contributed by atoms with Crippen molar-refractivity contribution in [2.45, 2.75) is 11.8 Å². The minimum atomic E-state index is -2.91. The summed E-state index contributed by atoms with van der Waals surface area (Å²) in [6, 6.07) is 18.4. The van der Waals surface area contributed by atoms with Crippen LogP contribution in [0.2, 0.25) is 0 Å². The van der Waals surface area contributed by atoms with E-state index in [1.54, 1.807) is 30.6 Å². The van der Waals surface area contributed by atoms with Crippen LogP contribution in [0.15, 0.2) is 78.0 Å². The molecule has 0 radical (unpaired) electrons. The Morgan fingerprint density at radius 3 is 2.46 bits per heavy atom. The number of nitrogens with zero attached hydrogens (tertiary/aromatic N) is 4. The molecule has 1 amide bonds. The lowest BCUT2D eigenvalue weighted by atomic mass is 10.0. The van der Waals surface area contributed by atoms with Gasteiger partial charge in [0.2, 0.25) is 0 Å². The minimum Gasteiger partial charge on any atom is -0.383 e. The Morgan fingerprint density at radius 1 is 1.00 bits per heavy atom. The summed E-state index contributed by atoms with van der Waals surface area (Å²) in [5.41, 5.74) is 11.3. The molecule has 182 valence electrons. The fourth-order valence-corrected chi connectivity index (χ4v) is 5.82. The molecule has 0 fully saturated rings. The van der Waals surface area contributed by atoms with Gasteiger partial charge in [0.25, 0.3) is 5.91 Å². The average Bonchev–Trinajstić information content (AvgIpc) is 3.42. The number of hydrogen-bond donors (Lipinski definition) is 2. The Kier molecular flexibility index (Phi) is 4.95. The maximum atomic E-state index is 12.6. The summed E-state index contributed by atoms with van der Waals surface area (Å²) in [6.45, 7) is 1.39. The number of nitrogens with one attached hydrogen (secondary N) is 1. The Labute approximate surface area is 212 Å². The summed E-state index contributed by atoms with van der Waals surface area (Å²) in [7, 11) is -2.91. The van der Waals surface area contributed by atoms with Gasteiger partial charge in [0, 0.05) is 28.5 Å². The number of pyridine rings is 1. The third kappa shape index (κ3) is 3.57. The number of carbonyl (C=O) groups is 2. The van der Waals surface area contributed by atoms with E-state index >= 15 is 0 Å². The third-order valence-electron chi connectivity index (χ3n) is 6.29. The average molecular weight is 509 g/mol. The minimum absolute atomic E-state index is 0.124. The molecule has 10 heteroatoms. The quantitative estimate of drug-likeness (QED) is 0.280. The number of aromatic nitrogens is 4. The van der Waals surface area contributed by atoms with Gasteiger partial charge in [-0.1, -0.05) is 42.5 Å². The van der Waals surface area contributed by atoms with Gasteiger partial charge in [-0.15, -0.1) is 0 Å². The van der Waals surface area contributed by atoms with Crippen LogP contribution < -0.4 is 10.5 Å². The first-order valence-electron chi connectivity index (χ1n) is 11.3. The van der Waals surface area contributed by atoms with E-state index in [1.165, 1.54) is 11.4 Å². The molecular formula is C27H20N6O3S. The van der Waals surface area contributed by atoms with Gasteiger partial charge in [-0.05, 0) is 31.0 Å². The fraction of sp³-hybridized carbons (Fsp3) is 0.0370. The Hall–Kier alpha value is -4.83. The van der Waals surface area contributed by atoms with Crippen molar-refractivity contribution in [3.63, 3.8) is 0 Å². The number of nitrogens with two attached hydrogens (primary N) is 1. The third-order valence-corrected chi connectivity index (χ3v) is 7.87. The first-order chi connectivity index (χ1) is 17.7. The molecule has 4 heterocycles. The zero-order valence-corrected chi connectivity index (χ0v) is 20.5. The van der Waals surface area contributed by atoms with Gasteiger partial charge in [0.05, 0.1) is 43.3 Å². The summed E-state index contributed by atoms with van der Waals surface area (Å²) in [5.74, 6) is 2.94. The lowest BCUT2D eigenvalue weighted by molar-refractivity contribution is 0.0983. The van der Waals surface area contributed by atoms with Crippen molar-refractivity contribution in [3.8, 4) is 33.6 Å². The van der Waals surface area contributed by atoms with Crippen LogP contribution in [0.4, 0.5) is 5.82 Å². The summed E-state index contributed by atoms with van der Waals surface area (Å²) in [6.07, 6.45) is 3.36. The number of Topliss-reactive ketones (excluding diaryl/α,β-unsaturated/α-hetero) is 1.